The molecule has 1 amide bonds. The second kappa shape index (κ2) is 6.39. The van der Waals surface area contributed by atoms with Gasteiger partial charge in [0.1, 0.15) is 11.3 Å². The van der Waals surface area contributed by atoms with Crippen molar-refractivity contribution in [2.24, 2.45) is 0 Å². The lowest BCUT2D eigenvalue weighted by molar-refractivity contribution is 0.0458. The van der Waals surface area contributed by atoms with Crippen molar-refractivity contribution in [3.8, 4) is 5.75 Å². The number of ether oxygens (including phenoxy) is 1. The average molecular weight is 338 g/mol. The number of hydrogen-bond donors (Lipinski definition) is 1. The first-order valence-corrected chi connectivity index (χ1v) is 8.87. The maximum Gasteiger partial charge on any atom is 0.261 e. The smallest absolute Gasteiger partial charge is 0.261 e. The van der Waals surface area contributed by atoms with Crippen LogP contribution in [0.25, 0.3) is 0 Å². The van der Waals surface area contributed by atoms with Crippen molar-refractivity contribution in [2.45, 2.75) is 38.1 Å². The van der Waals surface area contributed by atoms with Gasteiger partial charge in [0.25, 0.3) is 11.5 Å². The van der Waals surface area contributed by atoms with Gasteiger partial charge in [0.15, 0.2) is 0 Å². The van der Waals surface area contributed by atoms with Gasteiger partial charge in [0.2, 0.25) is 0 Å². The quantitative estimate of drug-likeness (QED) is 0.936. The van der Waals surface area contributed by atoms with Crippen molar-refractivity contribution in [3.05, 3.63) is 63.1 Å². The fourth-order valence-corrected chi connectivity index (χ4v) is 3.81. The molecule has 25 heavy (non-hydrogen) atoms. The minimum Gasteiger partial charge on any atom is -0.497 e. The highest BCUT2D eigenvalue weighted by molar-refractivity contribution is 5.95. The third kappa shape index (κ3) is 2.84. The number of hydrogen-bond acceptors (Lipinski definition) is 3. The fourth-order valence-electron chi connectivity index (χ4n) is 3.81. The molecular formula is C20H22N2O3. The zero-order valence-electron chi connectivity index (χ0n) is 14.4. The summed E-state index contributed by atoms with van der Waals surface area (Å²) in [4.78, 5) is 30.1. The zero-order valence-corrected chi connectivity index (χ0v) is 14.4. The van der Waals surface area contributed by atoms with Gasteiger partial charge in [-0.1, -0.05) is 12.1 Å². The van der Waals surface area contributed by atoms with Crippen molar-refractivity contribution in [3.63, 3.8) is 0 Å². The molecule has 1 saturated heterocycles. The number of carbonyl (C=O) groups excluding carboxylic acids is 1. The van der Waals surface area contributed by atoms with E-state index in [0.717, 1.165) is 54.7 Å². The number of amides is 1. The summed E-state index contributed by atoms with van der Waals surface area (Å²) in [7, 11) is 1.63. The molecule has 2 aromatic rings. The van der Waals surface area contributed by atoms with E-state index >= 15 is 0 Å². The number of benzene rings is 1. The number of carbonyl (C=O) groups is 1. The van der Waals surface area contributed by atoms with Gasteiger partial charge < -0.3 is 14.6 Å². The fraction of sp³-hybridized carbons (Fsp3) is 0.400. The Bertz CT molecular complexity index is 871. The highest BCUT2D eigenvalue weighted by Crippen LogP contribution is 2.35. The average Bonchev–Trinajstić information content (AvgIpc) is 2.60. The van der Waals surface area contributed by atoms with Crippen LogP contribution in [0.5, 0.6) is 5.75 Å². The van der Waals surface area contributed by atoms with Crippen molar-refractivity contribution in [1.82, 2.24) is 9.88 Å². The number of pyridine rings is 1. The molecule has 130 valence electrons. The highest BCUT2D eigenvalue weighted by Gasteiger charge is 2.35. The first-order valence-electron chi connectivity index (χ1n) is 8.87. The number of nitrogens with one attached hydrogen (secondary N) is 1. The molecule has 1 aromatic carbocycles. The van der Waals surface area contributed by atoms with Gasteiger partial charge in [-0.3, -0.25) is 9.59 Å². The molecule has 0 bridgehead atoms. The van der Waals surface area contributed by atoms with Crippen molar-refractivity contribution in [2.75, 3.05) is 13.7 Å². The van der Waals surface area contributed by atoms with Crippen LogP contribution < -0.4 is 10.3 Å². The molecule has 1 unspecified atom stereocenters. The Morgan fingerprint density at radius 3 is 2.84 bits per heavy atom. The van der Waals surface area contributed by atoms with E-state index in [-0.39, 0.29) is 23.1 Å². The molecule has 1 aromatic heterocycles. The summed E-state index contributed by atoms with van der Waals surface area (Å²) in [5.41, 5.74) is 3.18. The van der Waals surface area contributed by atoms with Crippen LogP contribution in [0.4, 0.5) is 0 Å². The van der Waals surface area contributed by atoms with E-state index in [2.05, 4.69) is 4.98 Å². The summed E-state index contributed by atoms with van der Waals surface area (Å²) < 4.78 is 5.28. The number of nitrogens with zero attached hydrogens (tertiary/aromatic N) is 1. The van der Waals surface area contributed by atoms with E-state index in [1.54, 1.807) is 12.0 Å². The maximum atomic E-state index is 12.9. The van der Waals surface area contributed by atoms with Gasteiger partial charge in [-0.25, -0.2) is 0 Å². The van der Waals surface area contributed by atoms with Gasteiger partial charge in [0, 0.05) is 12.2 Å². The molecule has 1 aliphatic carbocycles. The molecule has 2 heterocycles. The molecule has 0 saturated carbocycles. The monoisotopic (exact) mass is 338 g/mol. The lowest BCUT2D eigenvalue weighted by Gasteiger charge is -2.41. The van der Waals surface area contributed by atoms with E-state index < -0.39 is 0 Å². The molecule has 4 rings (SSSR count). The summed E-state index contributed by atoms with van der Waals surface area (Å²) in [6.07, 6.45) is 4.95. The SMILES string of the molecule is COc1cccc(C2CCN2C(=O)c2cc3c([nH]c2=O)CCCC3)c1. The van der Waals surface area contributed by atoms with Crippen molar-refractivity contribution in [1.29, 1.82) is 0 Å². The Morgan fingerprint density at radius 1 is 1.24 bits per heavy atom. The highest BCUT2D eigenvalue weighted by atomic mass is 16.5. The van der Waals surface area contributed by atoms with E-state index in [9.17, 15) is 9.59 Å². The maximum absolute atomic E-state index is 12.9. The normalized spacial score (nSPS) is 19.1. The molecule has 5 heteroatoms. The van der Waals surface area contributed by atoms with E-state index in [1.165, 1.54) is 0 Å². The Kier molecular flexibility index (Phi) is 4.07. The number of aromatic amines is 1. The number of fused-ring (bicyclic) bond motifs is 1. The van der Waals surface area contributed by atoms with Gasteiger partial charge in [0.05, 0.1) is 13.2 Å². The Hall–Kier alpha value is -2.56. The van der Waals surface area contributed by atoms with Gasteiger partial charge in [-0.15, -0.1) is 0 Å². The lowest BCUT2D eigenvalue weighted by Crippen LogP contribution is -2.46. The van der Waals surface area contributed by atoms with Gasteiger partial charge in [-0.2, -0.15) is 0 Å². The van der Waals surface area contributed by atoms with E-state index in [4.69, 9.17) is 4.74 Å². The molecule has 0 spiro atoms. The van der Waals surface area contributed by atoms with Gasteiger partial charge in [-0.05, 0) is 61.4 Å². The zero-order chi connectivity index (χ0) is 17.4. The largest absolute Gasteiger partial charge is 0.497 e. The molecule has 2 aliphatic rings. The summed E-state index contributed by atoms with van der Waals surface area (Å²) in [5, 5.41) is 0. The number of rotatable bonds is 3. The predicted octanol–water partition coefficient (Wildman–Crippen LogP) is 2.85. The summed E-state index contributed by atoms with van der Waals surface area (Å²) >= 11 is 0. The topological polar surface area (TPSA) is 62.4 Å². The molecular weight excluding hydrogens is 316 g/mol. The van der Waals surface area contributed by atoms with Crippen molar-refractivity contribution < 1.29 is 9.53 Å². The molecule has 1 N–H and O–H groups in total. The first-order chi connectivity index (χ1) is 12.2. The van der Waals surface area contributed by atoms with Crippen molar-refractivity contribution >= 4 is 5.91 Å². The van der Waals surface area contributed by atoms with Crippen LogP contribution in [0.3, 0.4) is 0 Å². The third-order valence-electron chi connectivity index (χ3n) is 5.33. The standard InChI is InChI=1S/C20H22N2O3/c1-25-15-7-4-6-14(11-15)18-9-10-22(18)20(24)16-12-13-5-2-3-8-17(13)21-19(16)23/h4,6-7,11-12,18H,2-3,5,8-10H2,1H3,(H,21,23). The number of likely N-dealkylation sites (tertiary alicyclic amines) is 1. The number of methoxy groups -OCH3 is 1. The van der Waals surface area contributed by atoms with Crippen LogP contribution in [-0.2, 0) is 12.8 Å². The number of H-pyrrole nitrogens is 1. The number of aryl methyl sites for hydroxylation is 2. The lowest BCUT2D eigenvalue weighted by atomic mass is 9.92. The number of aromatic nitrogens is 1. The third-order valence-corrected chi connectivity index (χ3v) is 5.33. The Morgan fingerprint density at radius 2 is 2.08 bits per heavy atom. The van der Waals surface area contributed by atoms with Crippen LogP contribution in [-0.4, -0.2) is 29.4 Å². The molecule has 1 atom stereocenters. The van der Waals surface area contributed by atoms with Crippen LogP contribution in [0, 0.1) is 0 Å². The minimum absolute atomic E-state index is 0.0121. The second-order valence-corrected chi connectivity index (χ2v) is 6.80. The Labute approximate surface area is 146 Å². The minimum atomic E-state index is -0.262. The van der Waals surface area contributed by atoms with Crippen LogP contribution in [0.15, 0.2) is 35.1 Å². The molecule has 0 radical (unpaired) electrons. The molecule has 1 aliphatic heterocycles. The summed E-state index contributed by atoms with van der Waals surface area (Å²) in [6, 6.07) is 9.61. The Balaban J connectivity index is 1.62. The van der Waals surface area contributed by atoms with Crippen LogP contribution in [0.2, 0.25) is 0 Å². The summed E-state index contributed by atoms with van der Waals surface area (Å²) in [6.45, 7) is 0.678. The first kappa shape index (κ1) is 15.9. The second-order valence-electron chi connectivity index (χ2n) is 6.80. The van der Waals surface area contributed by atoms with Gasteiger partial charge >= 0.3 is 0 Å². The molecule has 1 fully saturated rings. The molecule has 5 nitrogen and oxygen atoms in total. The van der Waals surface area contributed by atoms with E-state index in [0.29, 0.717) is 6.54 Å². The predicted molar refractivity (Wildman–Crippen MR) is 95.1 cm³/mol. The summed E-state index contributed by atoms with van der Waals surface area (Å²) in [5.74, 6) is 0.608. The van der Waals surface area contributed by atoms with Crippen LogP contribution in [0.1, 0.15) is 52.5 Å². The van der Waals surface area contributed by atoms with Crippen LogP contribution >= 0.6 is 0 Å². The van der Waals surface area contributed by atoms with E-state index in [1.807, 2.05) is 30.3 Å².